The van der Waals surface area contributed by atoms with Gasteiger partial charge in [0.1, 0.15) is 11.2 Å². The van der Waals surface area contributed by atoms with E-state index in [1.807, 2.05) is 18.2 Å². The van der Waals surface area contributed by atoms with E-state index >= 15 is 0 Å². The van der Waals surface area contributed by atoms with Crippen LogP contribution in [-0.2, 0) is 0 Å². The summed E-state index contributed by atoms with van der Waals surface area (Å²) in [4.78, 5) is 0. The highest BCUT2D eigenvalue weighted by Crippen LogP contribution is 2.39. The Labute approximate surface area is 166 Å². The Kier molecular flexibility index (Phi) is 3.61. The van der Waals surface area contributed by atoms with E-state index in [0.717, 1.165) is 32.0 Å². The number of hydrogen-bond acceptors (Lipinski definition) is 1. The summed E-state index contributed by atoms with van der Waals surface area (Å²) in [6, 6.07) is 25.4. The van der Waals surface area contributed by atoms with Gasteiger partial charge in [-0.3, -0.25) is 0 Å². The van der Waals surface area contributed by atoms with Crippen molar-refractivity contribution < 1.29 is 4.42 Å². The molecule has 0 aliphatic heterocycles. The standard InChI is InChI=1S/C22H12BrIO/c23-19-11-18-15-7-3-4-8-21(15)25-22(18)12-16(19)17-9-13-5-1-2-6-14(13)10-20(17)24/h1-12H. The molecule has 5 rings (SSSR count). The molecule has 0 atom stereocenters. The average molecular weight is 499 g/mol. The lowest BCUT2D eigenvalue weighted by atomic mass is 10.00. The van der Waals surface area contributed by atoms with E-state index in [-0.39, 0.29) is 0 Å². The topological polar surface area (TPSA) is 13.1 Å². The van der Waals surface area contributed by atoms with Crippen molar-refractivity contribution in [2.45, 2.75) is 0 Å². The molecule has 120 valence electrons. The van der Waals surface area contributed by atoms with Crippen LogP contribution in [0.1, 0.15) is 0 Å². The minimum absolute atomic E-state index is 0.920. The van der Waals surface area contributed by atoms with Gasteiger partial charge in [-0.25, -0.2) is 0 Å². The summed E-state index contributed by atoms with van der Waals surface area (Å²) in [7, 11) is 0. The molecule has 3 heteroatoms. The van der Waals surface area contributed by atoms with Crippen LogP contribution in [0.3, 0.4) is 0 Å². The van der Waals surface area contributed by atoms with Gasteiger partial charge in [0.05, 0.1) is 0 Å². The maximum absolute atomic E-state index is 6.07. The lowest BCUT2D eigenvalue weighted by Gasteiger charge is -2.10. The summed E-state index contributed by atoms with van der Waals surface area (Å²) in [5, 5.41) is 4.80. The molecule has 5 aromatic rings. The first kappa shape index (κ1) is 15.4. The number of rotatable bonds is 1. The van der Waals surface area contributed by atoms with Crippen LogP contribution in [0.2, 0.25) is 0 Å². The second-order valence-corrected chi connectivity index (χ2v) is 8.12. The maximum atomic E-state index is 6.07. The van der Waals surface area contributed by atoms with E-state index in [9.17, 15) is 0 Å². The van der Waals surface area contributed by atoms with Crippen LogP contribution in [-0.4, -0.2) is 0 Å². The second kappa shape index (κ2) is 5.85. The van der Waals surface area contributed by atoms with Gasteiger partial charge in [-0.2, -0.15) is 0 Å². The first-order valence-electron chi connectivity index (χ1n) is 8.00. The summed E-state index contributed by atoms with van der Waals surface area (Å²) in [5.74, 6) is 0. The normalized spacial score (nSPS) is 11.6. The Morgan fingerprint density at radius 2 is 1.40 bits per heavy atom. The molecular formula is C22H12BrIO. The number of fused-ring (bicyclic) bond motifs is 4. The monoisotopic (exact) mass is 498 g/mol. The number of hydrogen-bond donors (Lipinski definition) is 0. The van der Waals surface area contributed by atoms with Crippen molar-refractivity contribution in [2.75, 3.05) is 0 Å². The van der Waals surface area contributed by atoms with Gasteiger partial charge in [0.2, 0.25) is 0 Å². The molecule has 1 nitrogen and oxygen atoms in total. The SMILES string of the molecule is Brc1cc2c(cc1-c1cc3ccccc3cc1I)oc1ccccc12. The minimum atomic E-state index is 0.920. The Bertz CT molecular complexity index is 1270. The zero-order valence-electron chi connectivity index (χ0n) is 13.1. The van der Waals surface area contributed by atoms with E-state index in [1.165, 1.54) is 19.9 Å². The van der Waals surface area contributed by atoms with Gasteiger partial charge in [-0.1, -0.05) is 58.4 Å². The molecule has 25 heavy (non-hydrogen) atoms. The van der Waals surface area contributed by atoms with Crippen molar-refractivity contribution in [1.29, 1.82) is 0 Å². The van der Waals surface area contributed by atoms with Crippen molar-refractivity contribution in [2.24, 2.45) is 0 Å². The molecule has 0 saturated heterocycles. The summed E-state index contributed by atoms with van der Waals surface area (Å²) in [6.45, 7) is 0. The fourth-order valence-corrected chi connectivity index (χ4v) is 4.71. The molecule has 0 fully saturated rings. The maximum Gasteiger partial charge on any atom is 0.136 e. The highest BCUT2D eigenvalue weighted by molar-refractivity contribution is 14.1. The third kappa shape index (κ3) is 2.49. The van der Waals surface area contributed by atoms with E-state index in [4.69, 9.17) is 4.42 Å². The molecule has 1 heterocycles. The minimum Gasteiger partial charge on any atom is -0.456 e. The van der Waals surface area contributed by atoms with Crippen LogP contribution in [0.25, 0.3) is 43.8 Å². The van der Waals surface area contributed by atoms with Gasteiger partial charge in [0.25, 0.3) is 0 Å². The first-order chi connectivity index (χ1) is 12.2. The van der Waals surface area contributed by atoms with Gasteiger partial charge in [-0.15, -0.1) is 0 Å². The van der Waals surface area contributed by atoms with Crippen LogP contribution in [0, 0.1) is 3.57 Å². The number of benzene rings is 4. The van der Waals surface area contributed by atoms with Gasteiger partial charge in [0.15, 0.2) is 0 Å². The molecule has 4 aromatic carbocycles. The summed E-state index contributed by atoms with van der Waals surface area (Å²) in [6.07, 6.45) is 0. The zero-order chi connectivity index (χ0) is 17.0. The van der Waals surface area contributed by atoms with E-state index in [2.05, 4.69) is 93.1 Å². The van der Waals surface area contributed by atoms with Crippen LogP contribution in [0.4, 0.5) is 0 Å². The smallest absolute Gasteiger partial charge is 0.136 e. The molecule has 0 N–H and O–H groups in total. The third-order valence-corrected chi connectivity index (χ3v) is 6.14. The van der Waals surface area contributed by atoms with Crippen LogP contribution < -0.4 is 0 Å². The molecule has 0 radical (unpaired) electrons. The predicted octanol–water partition coefficient (Wildman–Crippen LogP) is 7.77. The van der Waals surface area contributed by atoms with Crippen molar-refractivity contribution in [3.05, 3.63) is 80.8 Å². The Morgan fingerprint density at radius 1 is 0.680 bits per heavy atom. The van der Waals surface area contributed by atoms with Crippen LogP contribution in [0.15, 0.2) is 81.7 Å². The average Bonchev–Trinajstić information content (AvgIpc) is 2.98. The molecule has 0 amide bonds. The Morgan fingerprint density at radius 3 is 2.24 bits per heavy atom. The van der Waals surface area contributed by atoms with Crippen molar-refractivity contribution >= 4 is 71.2 Å². The molecule has 0 spiro atoms. The lowest BCUT2D eigenvalue weighted by Crippen LogP contribution is -1.86. The van der Waals surface area contributed by atoms with Crippen molar-refractivity contribution in [3.8, 4) is 11.1 Å². The molecule has 0 aliphatic carbocycles. The van der Waals surface area contributed by atoms with Crippen molar-refractivity contribution in [3.63, 3.8) is 0 Å². The van der Waals surface area contributed by atoms with Gasteiger partial charge in [0, 0.05) is 24.4 Å². The van der Waals surface area contributed by atoms with Crippen molar-refractivity contribution in [1.82, 2.24) is 0 Å². The molecule has 0 aliphatic rings. The predicted molar refractivity (Wildman–Crippen MR) is 117 cm³/mol. The van der Waals surface area contributed by atoms with Crippen LogP contribution >= 0.6 is 38.5 Å². The van der Waals surface area contributed by atoms with E-state index in [1.54, 1.807) is 0 Å². The molecule has 0 saturated carbocycles. The second-order valence-electron chi connectivity index (χ2n) is 6.11. The fourth-order valence-electron chi connectivity index (χ4n) is 3.37. The largest absolute Gasteiger partial charge is 0.456 e. The Hall–Kier alpha value is -1.85. The Balaban J connectivity index is 1.81. The third-order valence-electron chi connectivity index (χ3n) is 4.59. The highest BCUT2D eigenvalue weighted by Gasteiger charge is 2.14. The summed E-state index contributed by atoms with van der Waals surface area (Å²) in [5.41, 5.74) is 4.22. The van der Waals surface area contributed by atoms with Gasteiger partial charge >= 0.3 is 0 Å². The lowest BCUT2D eigenvalue weighted by molar-refractivity contribution is 0.669. The van der Waals surface area contributed by atoms with Gasteiger partial charge in [-0.05, 0) is 69.3 Å². The quantitative estimate of drug-likeness (QED) is 0.215. The van der Waals surface area contributed by atoms with Gasteiger partial charge < -0.3 is 4.42 Å². The summed E-state index contributed by atoms with van der Waals surface area (Å²) < 4.78 is 8.39. The molecule has 0 bridgehead atoms. The number of furan rings is 1. The summed E-state index contributed by atoms with van der Waals surface area (Å²) >= 11 is 6.19. The fraction of sp³-hybridized carbons (Fsp3) is 0. The number of para-hydroxylation sites is 1. The number of halogens is 2. The zero-order valence-corrected chi connectivity index (χ0v) is 16.8. The first-order valence-corrected chi connectivity index (χ1v) is 9.87. The highest BCUT2D eigenvalue weighted by atomic mass is 127. The molecular weight excluding hydrogens is 487 g/mol. The van der Waals surface area contributed by atoms with E-state index in [0.29, 0.717) is 0 Å². The molecule has 0 unspecified atom stereocenters. The van der Waals surface area contributed by atoms with E-state index < -0.39 is 0 Å². The molecule has 1 aromatic heterocycles. The van der Waals surface area contributed by atoms with Crippen LogP contribution in [0.5, 0.6) is 0 Å².